The largest absolute Gasteiger partial charge is 0.469 e. The molecule has 128 valence electrons. The quantitative estimate of drug-likeness (QED) is 0.689. The van der Waals surface area contributed by atoms with Crippen molar-refractivity contribution in [1.82, 2.24) is 4.98 Å². The molecule has 1 fully saturated rings. The number of carbonyl (C=O) groups excluding carboxylic acids is 1. The lowest BCUT2D eigenvalue weighted by Crippen LogP contribution is -2.41. The second kappa shape index (κ2) is 5.94. The maximum Gasteiger partial charge on any atom is 0.466 e. The standard InChI is InChI=1S/C18H24BNO4/c1-17(2)18(3,4)24-19(23-17)14(11-16(21)22-5)12-7-6-8-15-13(12)9-10-20-15/h6-10,14,20H,11H2,1-5H3. The maximum absolute atomic E-state index is 12.0. The van der Waals surface area contributed by atoms with E-state index in [2.05, 4.69) is 4.98 Å². The van der Waals surface area contributed by atoms with Crippen molar-refractivity contribution < 1.29 is 18.8 Å². The summed E-state index contributed by atoms with van der Waals surface area (Å²) in [5.41, 5.74) is 1.16. The van der Waals surface area contributed by atoms with Crippen LogP contribution in [0.4, 0.5) is 0 Å². The van der Waals surface area contributed by atoms with Crippen LogP contribution in [0.25, 0.3) is 10.9 Å². The molecule has 2 heterocycles. The average molecular weight is 329 g/mol. The molecule has 1 aromatic carbocycles. The number of hydrogen-bond acceptors (Lipinski definition) is 4. The first-order valence-corrected chi connectivity index (χ1v) is 8.23. The first kappa shape index (κ1) is 17.1. The molecule has 1 aromatic heterocycles. The lowest BCUT2D eigenvalue weighted by atomic mass is 9.65. The molecule has 0 saturated carbocycles. The molecule has 1 N–H and O–H groups in total. The molecular weight excluding hydrogens is 305 g/mol. The number of aromatic amines is 1. The van der Waals surface area contributed by atoms with Gasteiger partial charge in [0.25, 0.3) is 0 Å². The zero-order chi connectivity index (χ0) is 17.5. The minimum Gasteiger partial charge on any atom is -0.469 e. The van der Waals surface area contributed by atoms with Crippen molar-refractivity contribution in [3.05, 3.63) is 36.0 Å². The van der Waals surface area contributed by atoms with Crippen molar-refractivity contribution in [1.29, 1.82) is 0 Å². The molecule has 0 aliphatic carbocycles. The maximum atomic E-state index is 12.0. The Kier molecular flexibility index (Phi) is 4.22. The van der Waals surface area contributed by atoms with Gasteiger partial charge in [-0.3, -0.25) is 4.79 Å². The van der Waals surface area contributed by atoms with Crippen LogP contribution in [0.15, 0.2) is 30.5 Å². The van der Waals surface area contributed by atoms with Crippen LogP contribution in [0.1, 0.15) is 45.5 Å². The Labute approximate surface area is 142 Å². The predicted octanol–water partition coefficient (Wildman–Crippen LogP) is 3.45. The molecule has 0 radical (unpaired) electrons. The highest BCUT2D eigenvalue weighted by atomic mass is 16.7. The van der Waals surface area contributed by atoms with Gasteiger partial charge in [0, 0.05) is 22.9 Å². The van der Waals surface area contributed by atoms with E-state index in [4.69, 9.17) is 14.0 Å². The highest BCUT2D eigenvalue weighted by molar-refractivity contribution is 6.48. The number of hydrogen-bond donors (Lipinski definition) is 1. The fourth-order valence-electron chi connectivity index (χ4n) is 3.10. The van der Waals surface area contributed by atoms with Crippen LogP contribution >= 0.6 is 0 Å². The summed E-state index contributed by atoms with van der Waals surface area (Å²) in [7, 11) is 0.898. The molecule has 24 heavy (non-hydrogen) atoms. The third kappa shape index (κ3) is 2.85. The second-order valence-electron chi connectivity index (χ2n) is 7.30. The van der Waals surface area contributed by atoms with Crippen molar-refractivity contribution >= 4 is 24.0 Å². The van der Waals surface area contributed by atoms with E-state index in [1.807, 2.05) is 58.2 Å². The minimum atomic E-state index is -0.505. The van der Waals surface area contributed by atoms with Gasteiger partial charge in [0.15, 0.2) is 0 Å². The van der Waals surface area contributed by atoms with Crippen LogP contribution in [-0.4, -0.2) is 36.4 Å². The monoisotopic (exact) mass is 329 g/mol. The van der Waals surface area contributed by atoms with Gasteiger partial charge >= 0.3 is 13.1 Å². The zero-order valence-corrected chi connectivity index (χ0v) is 14.9. The summed E-state index contributed by atoms with van der Waals surface area (Å²) in [6.07, 6.45) is 2.10. The van der Waals surface area contributed by atoms with Gasteiger partial charge in [0.05, 0.1) is 24.7 Å². The summed E-state index contributed by atoms with van der Waals surface area (Å²) < 4.78 is 17.3. The Morgan fingerprint density at radius 3 is 2.50 bits per heavy atom. The molecule has 5 nitrogen and oxygen atoms in total. The Balaban J connectivity index is 2.02. The fourth-order valence-corrected chi connectivity index (χ4v) is 3.10. The first-order chi connectivity index (χ1) is 11.2. The van der Waals surface area contributed by atoms with E-state index in [0.717, 1.165) is 16.5 Å². The van der Waals surface area contributed by atoms with E-state index in [0.29, 0.717) is 0 Å². The molecule has 2 aromatic rings. The number of esters is 1. The van der Waals surface area contributed by atoms with Crippen LogP contribution in [-0.2, 0) is 18.8 Å². The number of H-pyrrole nitrogens is 1. The lowest BCUT2D eigenvalue weighted by Gasteiger charge is -2.32. The Morgan fingerprint density at radius 1 is 1.21 bits per heavy atom. The second-order valence-corrected chi connectivity index (χ2v) is 7.30. The van der Waals surface area contributed by atoms with Crippen molar-refractivity contribution in [3.8, 4) is 0 Å². The number of benzene rings is 1. The number of nitrogens with one attached hydrogen (secondary N) is 1. The number of aromatic nitrogens is 1. The molecule has 1 saturated heterocycles. The normalized spacial score (nSPS) is 20.3. The summed E-state index contributed by atoms with van der Waals surface area (Å²) in [6, 6.07) is 8.02. The number of ether oxygens (including phenoxy) is 1. The molecule has 0 amide bonds. The van der Waals surface area contributed by atoms with Crippen LogP contribution in [0.5, 0.6) is 0 Å². The Morgan fingerprint density at radius 2 is 1.88 bits per heavy atom. The average Bonchev–Trinajstić information content (AvgIpc) is 3.06. The highest BCUT2D eigenvalue weighted by Crippen LogP contribution is 2.42. The molecule has 1 aliphatic heterocycles. The van der Waals surface area contributed by atoms with Gasteiger partial charge in [-0.1, -0.05) is 12.1 Å². The summed E-state index contributed by atoms with van der Waals surface area (Å²) in [5, 5.41) is 1.07. The number of rotatable bonds is 4. The van der Waals surface area contributed by atoms with Gasteiger partial charge < -0.3 is 19.0 Å². The van der Waals surface area contributed by atoms with Crippen molar-refractivity contribution in [3.63, 3.8) is 0 Å². The van der Waals surface area contributed by atoms with Gasteiger partial charge in [-0.25, -0.2) is 0 Å². The molecule has 1 unspecified atom stereocenters. The van der Waals surface area contributed by atoms with E-state index < -0.39 is 18.3 Å². The molecule has 1 atom stereocenters. The van der Waals surface area contributed by atoms with E-state index in [1.165, 1.54) is 7.11 Å². The van der Waals surface area contributed by atoms with Crippen LogP contribution in [0.3, 0.4) is 0 Å². The molecular formula is C18H24BNO4. The summed E-state index contributed by atoms with van der Waals surface area (Å²) in [4.78, 5) is 15.2. The van der Waals surface area contributed by atoms with E-state index in [1.54, 1.807) is 0 Å². The van der Waals surface area contributed by atoms with Crippen LogP contribution in [0, 0.1) is 0 Å². The SMILES string of the molecule is COC(=O)CC(B1OC(C)(C)C(C)(C)O1)c1cccc2[nH]ccc12. The summed E-state index contributed by atoms with van der Waals surface area (Å²) >= 11 is 0. The first-order valence-electron chi connectivity index (χ1n) is 8.23. The lowest BCUT2D eigenvalue weighted by molar-refractivity contribution is -0.140. The number of carbonyl (C=O) groups is 1. The van der Waals surface area contributed by atoms with Gasteiger partial charge in [0.1, 0.15) is 0 Å². The van der Waals surface area contributed by atoms with Crippen molar-refractivity contribution in [2.75, 3.05) is 7.11 Å². The third-order valence-corrected chi connectivity index (χ3v) is 5.24. The molecule has 6 heteroatoms. The third-order valence-electron chi connectivity index (χ3n) is 5.24. The van der Waals surface area contributed by atoms with Crippen LogP contribution < -0.4 is 0 Å². The molecule has 0 bridgehead atoms. The van der Waals surface area contributed by atoms with E-state index >= 15 is 0 Å². The molecule has 0 spiro atoms. The van der Waals surface area contributed by atoms with Gasteiger partial charge in [-0.2, -0.15) is 0 Å². The smallest absolute Gasteiger partial charge is 0.466 e. The molecule has 1 aliphatic rings. The minimum absolute atomic E-state index is 0.206. The Bertz CT molecular complexity index is 736. The summed E-state index contributed by atoms with van der Waals surface area (Å²) in [5.74, 6) is -0.514. The van der Waals surface area contributed by atoms with E-state index in [9.17, 15) is 4.79 Å². The van der Waals surface area contributed by atoms with Gasteiger partial charge in [-0.05, 0) is 45.4 Å². The fraction of sp³-hybridized carbons (Fsp3) is 0.500. The van der Waals surface area contributed by atoms with Crippen LogP contribution in [0.2, 0.25) is 0 Å². The van der Waals surface area contributed by atoms with Gasteiger partial charge in [-0.15, -0.1) is 0 Å². The Hall–Kier alpha value is -1.79. The van der Waals surface area contributed by atoms with E-state index in [-0.39, 0.29) is 18.2 Å². The summed E-state index contributed by atoms with van der Waals surface area (Å²) in [6.45, 7) is 8.05. The topological polar surface area (TPSA) is 60.6 Å². The number of methoxy groups -OCH3 is 1. The predicted molar refractivity (Wildman–Crippen MR) is 93.8 cm³/mol. The number of fused-ring (bicyclic) bond motifs is 1. The van der Waals surface area contributed by atoms with Gasteiger partial charge in [0.2, 0.25) is 0 Å². The highest BCUT2D eigenvalue weighted by Gasteiger charge is 2.54. The van der Waals surface area contributed by atoms with Crippen molar-refractivity contribution in [2.45, 2.75) is 51.1 Å². The van der Waals surface area contributed by atoms with Crippen molar-refractivity contribution in [2.24, 2.45) is 0 Å². The molecule has 3 rings (SSSR count). The zero-order valence-electron chi connectivity index (χ0n) is 14.9.